The molecule has 1 aliphatic rings. The fourth-order valence-electron chi connectivity index (χ4n) is 11.1. The minimum absolute atomic E-state index is 0.635. The zero-order chi connectivity index (χ0) is 41.2. The van der Waals surface area contributed by atoms with Gasteiger partial charge in [0.25, 0.3) is 0 Å². The van der Waals surface area contributed by atoms with Crippen LogP contribution in [0.3, 0.4) is 0 Å². The molecule has 1 aliphatic carbocycles. The van der Waals surface area contributed by atoms with Crippen LogP contribution in [0, 0.1) is 0 Å². The summed E-state index contributed by atoms with van der Waals surface area (Å²) in [6.45, 7) is 0. The van der Waals surface area contributed by atoms with Crippen molar-refractivity contribution in [3.05, 3.63) is 241 Å². The first-order valence-electron chi connectivity index (χ1n) is 21.7. The van der Waals surface area contributed by atoms with Gasteiger partial charge in [-0.1, -0.05) is 170 Å². The molecule has 0 bridgehead atoms. The van der Waals surface area contributed by atoms with E-state index < -0.39 is 5.41 Å². The van der Waals surface area contributed by atoms with Gasteiger partial charge in [-0.2, -0.15) is 0 Å². The van der Waals surface area contributed by atoms with E-state index >= 15 is 0 Å². The molecule has 2 nitrogen and oxygen atoms in total. The van der Waals surface area contributed by atoms with Gasteiger partial charge in [0, 0.05) is 32.3 Å². The second kappa shape index (κ2) is 12.9. The van der Waals surface area contributed by atoms with Gasteiger partial charge in [-0.3, -0.25) is 0 Å². The molecule has 63 heavy (non-hydrogen) atoms. The van der Waals surface area contributed by atoms with Gasteiger partial charge in [-0.25, -0.2) is 0 Å². The van der Waals surface area contributed by atoms with Gasteiger partial charge in [-0.05, 0) is 126 Å². The normalized spacial score (nSPS) is 13.2. The summed E-state index contributed by atoms with van der Waals surface area (Å²) < 4.78 is 13.5. The molecule has 0 spiro atoms. The van der Waals surface area contributed by atoms with Gasteiger partial charge in [-0.15, -0.1) is 0 Å². The second-order valence-electron chi connectivity index (χ2n) is 17.1. The molecule has 11 aromatic carbocycles. The van der Waals surface area contributed by atoms with Crippen LogP contribution in [-0.2, 0) is 5.41 Å². The molecule has 0 fully saturated rings. The molecule has 14 rings (SSSR count). The quantitative estimate of drug-likeness (QED) is 0.177. The fraction of sp³-hybridized carbons (Fsp3) is 0.0164. The minimum atomic E-state index is -0.635. The summed E-state index contributed by atoms with van der Waals surface area (Å²) in [6, 6.07) is 80.0. The van der Waals surface area contributed by atoms with Crippen LogP contribution in [0.4, 0.5) is 0 Å². The highest BCUT2D eigenvalue weighted by molar-refractivity contribution is 6.17. The van der Waals surface area contributed by atoms with Gasteiger partial charge in [0.15, 0.2) is 0 Å². The summed E-state index contributed by atoms with van der Waals surface area (Å²) in [7, 11) is 0. The Morgan fingerprint density at radius 2 is 0.778 bits per heavy atom. The number of fused-ring (bicyclic) bond motifs is 15. The SMILES string of the molecule is c1ccc(C2(c3ccccc3)c3cc(-c4ccc5c(c4)oc4c6ccccc6ccc54)ccc3-c3c(-c4ccc5c(c4)oc4c6ccccc6ccc54)cc4ccccc4c32)cc1. The van der Waals surface area contributed by atoms with Crippen LogP contribution in [0.1, 0.15) is 22.3 Å². The van der Waals surface area contributed by atoms with E-state index in [1.807, 2.05) is 0 Å². The van der Waals surface area contributed by atoms with Crippen LogP contribution in [-0.4, -0.2) is 0 Å². The Kier molecular flexibility index (Phi) is 7.07. The molecule has 2 heteroatoms. The zero-order valence-corrected chi connectivity index (χ0v) is 34.1. The first-order chi connectivity index (χ1) is 31.2. The van der Waals surface area contributed by atoms with Crippen LogP contribution in [0.25, 0.3) is 110 Å². The second-order valence-corrected chi connectivity index (χ2v) is 17.1. The van der Waals surface area contributed by atoms with Crippen LogP contribution in [0.15, 0.2) is 227 Å². The maximum Gasteiger partial charge on any atom is 0.143 e. The first-order valence-corrected chi connectivity index (χ1v) is 21.7. The maximum absolute atomic E-state index is 6.81. The summed E-state index contributed by atoms with van der Waals surface area (Å²) in [5.74, 6) is 0. The van der Waals surface area contributed by atoms with E-state index in [4.69, 9.17) is 8.83 Å². The molecular formula is C61H36O2. The molecule has 292 valence electrons. The fourth-order valence-corrected chi connectivity index (χ4v) is 11.1. The van der Waals surface area contributed by atoms with Crippen molar-refractivity contribution in [2.45, 2.75) is 5.41 Å². The van der Waals surface area contributed by atoms with Gasteiger partial charge < -0.3 is 8.83 Å². The van der Waals surface area contributed by atoms with Crippen LogP contribution < -0.4 is 0 Å². The Labute approximate surface area is 362 Å². The van der Waals surface area contributed by atoms with E-state index in [-0.39, 0.29) is 0 Å². The Morgan fingerprint density at radius 3 is 1.40 bits per heavy atom. The molecule has 0 saturated carbocycles. The number of furan rings is 2. The molecule has 0 N–H and O–H groups in total. The van der Waals surface area contributed by atoms with Crippen molar-refractivity contribution in [3.8, 4) is 33.4 Å². The molecule has 0 aliphatic heterocycles. The van der Waals surface area contributed by atoms with E-state index in [1.165, 1.54) is 60.5 Å². The molecule has 13 aromatic rings. The van der Waals surface area contributed by atoms with Gasteiger partial charge in [0.2, 0.25) is 0 Å². The topological polar surface area (TPSA) is 26.3 Å². The lowest BCUT2D eigenvalue weighted by Gasteiger charge is -2.35. The van der Waals surface area contributed by atoms with E-state index in [9.17, 15) is 0 Å². The third kappa shape index (κ3) is 4.78. The van der Waals surface area contributed by atoms with Crippen LogP contribution in [0.2, 0.25) is 0 Å². The lowest BCUT2D eigenvalue weighted by Crippen LogP contribution is -2.29. The monoisotopic (exact) mass is 800 g/mol. The summed E-state index contributed by atoms with van der Waals surface area (Å²) in [6.07, 6.45) is 0. The third-order valence-electron chi connectivity index (χ3n) is 13.9. The summed E-state index contributed by atoms with van der Waals surface area (Å²) in [4.78, 5) is 0. The third-order valence-corrected chi connectivity index (χ3v) is 13.9. The Morgan fingerprint density at radius 1 is 0.302 bits per heavy atom. The summed E-state index contributed by atoms with van der Waals surface area (Å²) in [5, 5.41) is 11.6. The van der Waals surface area contributed by atoms with E-state index in [0.29, 0.717) is 0 Å². The van der Waals surface area contributed by atoms with Crippen molar-refractivity contribution in [1.29, 1.82) is 0 Å². The van der Waals surface area contributed by atoms with Crippen molar-refractivity contribution in [1.82, 2.24) is 0 Å². The molecule has 2 heterocycles. The average molecular weight is 801 g/mol. The maximum atomic E-state index is 6.81. The number of benzene rings is 11. The van der Waals surface area contributed by atoms with Gasteiger partial charge in [0.05, 0.1) is 5.41 Å². The Balaban J connectivity index is 1.06. The number of rotatable bonds is 4. The first kappa shape index (κ1) is 34.5. The van der Waals surface area contributed by atoms with E-state index in [2.05, 4.69) is 218 Å². The zero-order valence-electron chi connectivity index (χ0n) is 34.1. The largest absolute Gasteiger partial charge is 0.455 e. The highest BCUT2D eigenvalue weighted by atomic mass is 16.3. The molecule has 0 saturated heterocycles. The molecule has 0 amide bonds. The number of hydrogen-bond donors (Lipinski definition) is 0. The predicted octanol–water partition coefficient (Wildman–Crippen LogP) is 16.6. The molecule has 2 aromatic heterocycles. The molecule has 0 radical (unpaired) electrons. The average Bonchev–Trinajstić information content (AvgIpc) is 4.02. The minimum Gasteiger partial charge on any atom is -0.455 e. The van der Waals surface area contributed by atoms with E-state index in [0.717, 1.165) is 71.3 Å². The molecular weight excluding hydrogens is 765 g/mol. The molecule has 0 unspecified atom stereocenters. The van der Waals surface area contributed by atoms with Crippen LogP contribution in [0.5, 0.6) is 0 Å². The lowest BCUT2D eigenvalue weighted by atomic mass is 9.66. The summed E-state index contributed by atoms with van der Waals surface area (Å²) >= 11 is 0. The Bertz CT molecular complexity index is 3980. The predicted molar refractivity (Wildman–Crippen MR) is 262 cm³/mol. The van der Waals surface area contributed by atoms with Crippen molar-refractivity contribution in [3.63, 3.8) is 0 Å². The van der Waals surface area contributed by atoms with Crippen molar-refractivity contribution in [2.24, 2.45) is 0 Å². The smallest absolute Gasteiger partial charge is 0.143 e. The van der Waals surface area contributed by atoms with Crippen molar-refractivity contribution < 1.29 is 8.83 Å². The highest BCUT2D eigenvalue weighted by Gasteiger charge is 2.48. The van der Waals surface area contributed by atoms with Gasteiger partial charge in [0.1, 0.15) is 22.3 Å². The highest BCUT2D eigenvalue weighted by Crippen LogP contribution is 2.61. The standard InChI is InChI=1S/C61H36O2/c1-3-16-43(17-4-1)61(44-18-5-2-6-19-44)54-34-39(40-25-28-48-50-30-23-37-13-7-11-21-46(37)59(50)62-55(48)35-40)26-32-52(54)57-53(33-41-15-9-10-20-45(41)58(57)61)42-27-29-49-51-31-24-38-14-8-12-22-47(38)60(51)63-56(49)36-42/h1-36H. The lowest BCUT2D eigenvalue weighted by molar-refractivity contribution is 0.672. The molecule has 0 atom stereocenters. The summed E-state index contributed by atoms with van der Waals surface area (Å²) in [5.41, 5.74) is 15.1. The van der Waals surface area contributed by atoms with Crippen molar-refractivity contribution >= 4 is 76.2 Å². The van der Waals surface area contributed by atoms with Crippen molar-refractivity contribution in [2.75, 3.05) is 0 Å². The Hall–Kier alpha value is -8.20. The number of hydrogen-bond acceptors (Lipinski definition) is 2. The van der Waals surface area contributed by atoms with Crippen LogP contribution >= 0.6 is 0 Å². The van der Waals surface area contributed by atoms with Gasteiger partial charge >= 0.3 is 0 Å². The van der Waals surface area contributed by atoms with E-state index in [1.54, 1.807) is 0 Å².